The zero-order chi connectivity index (χ0) is 6.95. The smallest absolute Gasteiger partial charge is 0.0623 e. The second-order valence-corrected chi connectivity index (χ2v) is 1.86. The first kappa shape index (κ1) is 8.82. The molecule has 0 heterocycles. The van der Waals surface area contributed by atoms with Crippen molar-refractivity contribution in [3.05, 3.63) is 36.4 Å². The zero-order valence-electron chi connectivity index (χ0n) is 6.17. The average Bonchev–Trinajstić information content (AvgIpc) is 1.93. The van der Waals surface area contributed by atoms with Crippen molar-refractivity contribution in [3.63, 3.8) is 0 Å². The van der Waals surface area contributed by atoms with Gasteiger partial charge in [0.1, 0.15) is 0 Å². The summed E-state index contributed by atoms with van der Waals surface area (Å²) in [4.78, 5) is 0. The Morgan fingerprint density at radius 3 is 1.11 bits per heavy atom. The van der Waals surface area contributed by atoms with Gasteiger partial charge in [0.25, 0.3) is 0 Å². The van der Waals surface area contributed by atoms with E-state index in [2.05, 4.69) is 24.6 Å². The molecule has 0 aliphatic rings. The standard InChI is InChI=1S/C6H6.C2H5.Li/c1-2-4-6-5-3-1;1-2;/h1-6H;1H2,2H3;. The molecule has 1 heteroatoms. The van der Waals surface area contributed by atoms with Crippen LogP contribution in [0.3, 0.4) is 0 Å². The molecule has 0 atom stereocenters. The largest absolute Gasteiger partial charge is 0.0623 e. The summed E-state index contributed by atoms with van der Waals surface area (Å²) in [5, 5.41) is 1.25. The number of hydrogen-bond acceptors (Lipinski definition) is 0. The molecule has 0 bridgehead atoms. The maximum absolute atomic E-state index is 2.12. The van der Waals surface area contributed by atoms with Gasteiger partial charge in [-0.15, -0.1) is 0 Å². The Morgan fingerprint density at radius 1 is 0.889 bits per heavy atom. The first-order chi connectivity index (χ1) is 4.41. The van der Waals surface area contributed by atoms with Gasteiger partial charge in [0.15, 0.2) is 0 Å². The van der Waals surface area contributed by atoms with Crippen molar-refractivity contribution in [3.8, 4) is 0 Å². The van der Waals surface area contributed by atoms with E-state index in [1.165, 1.54) is 5.09 Å². The van der Waals surface area contributed by atoms with Crippen molar-refractivity contribution >= 4 is 17.7 Å². The molecule has 0 nitrogen and oxygen atoms in total. The normalized spacial score (nSPS) is 7.44. The molecule has 0 fully saturated rings. The molecule has 0 aliphatic heterocycles. The topological polar surface area (TPSA) is 0 Å². The van der Waals surface area contributed by atoms with E-state index in [9.17, 15) is 0 Å². The van der Waals surface area contributed by atoms with Gasteiger partial charge in [-0.3, -0.25) is 0 Å². The summed E-state index contributed by atoms with van der Waals surface area (Å²) in [5.74, 6) is 0. The van der Waals surface area contributed by atoms with Gasteiger partial charge in [-0.2, -0.15) is 0 Å². The SMILES string of the molecule is [Li][CH2]C.c1ccccc1. The Hall–Kier alpha value is -0.183. The molecule has 44 valence electrons. The molecule has 0 aliphatic carbocycles. The Bertz CT molecular complexity index is 87.4. The van der Waals surface area contributed by atoms with Crippen molar-refractivity contribution < 1.29 is 0 Å². The summed E-state index contributed by atoms with van der Waals surface area (Å²) in [5.41, 5.74) is 0. The Labute approximate surface area is 66.5 Å². The van der Waals surface area contributed by atoms with E-state index in [0.29, 0.717) is 0 Å². The van der Waals surface area contributed by atoms with Crippen molar-refractivity contribution in [1.82, 2.24) is 0 Å². The summed E-state index contributed by atoms with van der Waals surface area (Å²) in [6.45, 7) is 2.12. The average molecular weight is 114 g/mol. The van der Waals surface area contributed by atoms with Crippen molar-refractivity contribution in [2.45, 2.75) is 12.0 Å². The molecule has 0 unspecified atom stereocenters. The molecule has 0 aromatic heterocycles. The third-order valence-corrected chi connectivity index (χ3v) is 0.667. The maximum atomic E-state index is 2.12. The van der Waals surface area contributed by atoms with Gasteiger partial charge in [0.2, 0.25) is 0 Å². The number of rotatable bonds is 0. The summed E-state index contributed by atoms with van der Waals surface area (Å²) in [6.07, 6.45) is 0. The van der Waals surface area contributed by atoms with E-state index < -0.39 is 0 Å². The van der Waals surface area contributed by atoms with Crippen LogP contribution in [0.25, 0.3) is 0 Å². The minimum atomic E-state index is 1.25. The zero-order valence-corrected chi connectivity index (χ0v) is 6.17. The molecule has 0 saturated carbocycles. The van der Waals surface area contributed by atoms with Crippen LogP contribution in [0.5, 0.6) is 0 Å². The van der Waals surface area contributed by atoms with Gasteiger partial charge in [0, 0.05) is 0 Å². The fourth-order valence-corrected chi connectivity index (χ4v) is 0.385. The van der Waals surface area contributed by atoms with Crippen LogP contribution in [-0.4, -0.2) is 17.7 Å². The third kappa shape index (κ3) is 7.82. The number of hydrogen-bond donors (Lipinski definition) is 0. The molecule has 1 rings (SSSR count). The second kappa shape index (κ2) is 7.82. The minimum absolute atomic E-state index is 1.25. The molecule has 0 amide bonds. The van der Waals surface area contributed by atoms with Crippen LogP contribution in [0.15, 0.2) is 36.4 Å². The summed E-state index contributed by atoms with van der Waals surface area (Å²) >= 11 is 2.12. The molecule has 0 saturated heterocycles. The van der Waals surface area contributed by atoms with Gasteiger partial charge in [-0.05, 0) is 0 Å². The Balaban J connectivity index is 0.000000187. The molecular weight excluding hydrogens is 103 g/mol. The van der Waals surface area contributed by atoms with Crippen LogP contribution >= 0.6 is 0 Å². The van der Waals surface area contributed by atoms with Crippen molar-refractivity contribution in [2.24, 2.45) is 0 Å². The third-order valence-electron chi connectivity index (χ3n) is 0.667. The van der Waals surface area contributed by atoms with Gasteiger partial charge < -0.3 is 0 Å². The molecule has 9 heavy (non-hydrogen) atoms. The summed E-state index contributed by atoms with van der Waals surface area (Å²) in [6, 6.07) is 12.0. The monoisotopic (exact) mass is 114 g/mol. The van der Waals surface area contributed by atoms with E-state index in [0.717, 1.165) is 0 Å². The van der Waals surface area contributed by atoms with E-state index >= 15 is 0 Å². The van der Waals surface area contributed by atoms with Crippen LogP contribution in [0.2, 0.25) is 5.09 Å². The van der Waals surface area contributed by atoms with Crippen LogP contribution in [-0.2, 0) is 0 Å². The van der Waals surface area contributed by atoms with Gasteiger partial charge >= 0.3 is 29.7 Å². The Kier molecular flexibility index (Phi) is 7.66. The first-order valence-corrected chi connectivity index (χ1v) is 3.41. The summed E-state index contributed by atoms with van der Waals surface area (Å²) in [7, 11) is 0. The van der Waals surface area contributed by atoms with E-state index in [1.54, 1.807) is 0 Å². The van der Waals surface area contributed by atoms with Crippen molar-refractivity contribution in [2.75, 3.05) is 0 Å². The van der Waals surface area contributed by atoms with Crippen LogP contribution in [0.4, 0.5) is 0 Å². The van der Waals surface area contributed by atoms with Crippen molar-refractivity contribution in [1.29, 1.82) is 0 Å². The predicted molar refractivity (Wildman–Crippen MR) is 42.7 cm³/mol. The fourth-order valence-electron chi connectivity index (χ4n) is 0.385. The maximum Gasteiger partial charge on any atom is -0.0623 e. The fraction of sp³-hybridized carbons (Fsp3) is 0.250. The van der Waals surface area contributed by atoms with Gasteiger partial charge in [-0.1, -0.05) is 36.4 Å². The predicted octanol–water partition coefficient (Wildman–Crippen LogP) is 2.28. The minimum Gasteiger partial charge on any atom is -0.0623 e. The van der Waals surface area contributed by atoms with Gasteiger partial charge in [-0.25, -0.2) is 0 Å². The first-order valence-electron chi connectivity index (χ1n) is 3.41. The molecule has 1 aromatic carbocycles. The van der Waals surface area contributed by atoms with E-state index in [-0.39, 0.29) is 0 Å². The van der Waals surface area contributed by atoms with Gasteiger partial charge in [0.05, 0.1) is 0 Å². The molecular formula is C8H11Li. The second-order valence-electron chi connectivity index (χ2n) is 1.86. The van der Waals surface area contributed by atoms with Crippen LogP contribution < -0.4 is 0 Å². The molecule has 0 radical (unpaired) electrons. The molecule has 0 N–H and O–H groups in total. The van der Waals surface area contributed by atoms with Crippen LogP contribution in [0.1, 0.15) is 6.92 Å². The molecule has 0 spiro atoms. The quantitative estimate of drug-likeness (QED) is 0.454. The summed E-state index contributed by atoms with van der Waals surface area (Å²) < 4.78 is 0. The molecule has 1 aromatic rings. The Morgan fingerprint density at radius 2 is 1.00 bits per heavy atom. The van der Waals surface area contributed by atoms with Crippen LogP contribution in [0, 0.1) is 0 Å². The van der Waals surface area contributed by atoms with E-state index in [4.69, 9.17) is 0 Å². The van der Waals surface area contributed by atoms with E-state index in [1.807, 2.05) is 36.4 Å². The number of benzene rings is 1.